The van der Waals surface area contributed by atoms with Crippen molar-refractivity contribution in [3.8, 4) is 0 Å². The van der Waals surface area contributed by atoms with Crippen molar-refractivity contribution >= 4 is 28.9 Å². The highest BCUT2D eigenvalue weighted by molar-refractivity contribution is 6.30. The average molecular weight is 469 g/mol. The largest absolute Gasteiger partial charge is 0.383 e. The molecule has 3 atom stereocenters. The quantitative estimate of drug-likeness (QED) is 0.613. The molecule has 7 nitrogen and oxygen atoms in total. The van der Waals surface area contributed by atoms with Gasteiger partial charge in [-0.05, 0) is 41.7 Å². The van der Waals surface area contributed by atoms with Crippen molar-refractivity contribution in [2.75, 3.05) is 13.1 Å². The predicted molar refractivity (Wildman–Crippen MR) is 127 cm³/mol. The van der Waals surface area contributed by atoms with E-state index in [9.17, 15) is 14.7 Å². The number of hydrogen-bond acceptors (Lipinski definition) is 4. The van der Waals surface area contributed by atoms with Gasteiger partial charge in [0.05, 0.1) is 24.1 Å². The minimum absolute atomic E-state index is 0.0343. The fourth-order valence-electron chi connectivity index (χ4n) is 4.36. The van der Waals surface area contributed by atoms with Crippen LogP contribution in [0, 0.1) is 5.41 Å². The number of pyridine rings is 1. The Morgan fingerprint density at radius 1 is 1.21 bits per heavy atom. The normalized spacial score (nSPS) is 20.0. The number of amides is 2. The lowest BCUT2D eigenvalue weighted by Gasteiger charge is -2.40. The Kier molecular flexibility index (Phi) is 6.45. The molecule has 1 aromatic carbocycles. The molecule has 33 heavy (non-hydrogen) atoms. The zero-order chi connectivity index (χ0) is 23.8. The number of carbonyl (C=O) groups excluding carboxylic acids is 2. The van der Waals surface area contributed by atoms with Crippen LogP contribution < -0.4 is 5.32 Å². The van der Waals surface area contributed by atoms with Crippen LogP contribution in [0.25, 0.3) is 5.52 Å². The van der Waals surface area contributed by atoms with E-state index >= 15 is 0 Å². The molecule has 1 fully saturated rings. The van der Waals surface area contributed by atoms with Crippen molar-refractivity contribution < 1.29 is 14.7 Å². The van der Waals surface area contributed by atoms with Crippen LogP contribution in [0.2, 0.25) is 5.02 Å². The molecule has 1 aliphatic heterocycles. The highest BCUT2D eigenvalue weighted by atomic mass is 35.5. The summed E-state index contributed by atoms with van der Waals surface area (Å²) in [6.45, 7) is 6.30. The van der Waals surface area contributed by atoms with Crippen LogP contribution in [0.15, 0.2) is 55.0 Å². The first-order chi connectivity index (χ1) is 15.6. The fourth-order valence-corrected chi connectivity index (χ4v) is 4.56. The zero-order valence-electron chi connectivity index (χ0n) is 19.0. The molecule has 0 spiro atoms. The lowest BCUT2D eigenvalue weighted by Crippen LogP contribution is -2.56. The number of aliphatic hydroxyl groups excluding tert-OH is 1. The van der Waals surface area contributed by atoms with E-state index < -0.39 is 17.4 Å². The van der Waals surface area contributed by atoms with Crippen molar-refractivity contribution in [1.82, 2.24) is 19.6 Å². The molecule has 0 saturated carbocycles. The van der Waals surface area contributed by atoms with E-state index in [2.05, 4.69) is 10.3 Å². The van der Waals surface area contributed by atoms with Gasteiger partial charge in [-0.25, -0.2) is 4.98 Å². The zero-order valence-corrected chi connectivity index (χ0v) is 19.8. The molecular formula is C25H29ClN4O3. The first-order valence-corrected chi connectivity index (χ1v) is 11.5. The van der Waals surface area contributed by atoms with Crippen LogP contribution >= 0.6 is 11.6 Å². The third kappa shape index (κ3) is 4.89. The van der Waals surface area contributed by atoms with E-state index in [4.69, 9.17) is 11.6 Å². The minimum Gasteiger partial charge on any atom is -0.383 e. The second kappa shape index (κ2) is 9.15. The Labute approximate surface area is 198 Å². The molecule has 2 amide bonds. The monoisotopic (exact) mass is 468 g/mol. The molecule has 0 bridgehead atoms. The van der Waals surface area contributed by atoms with Gasteiger partial charge in [0.1, 0.15) is 11.8 Å². The summed E-state index contributed by atoms with van der Waals surface area (Å²) in [5, 5.41) is 14.1. The van der Waals surface area contributed by atoms with Crippen LogP contribution in [0.5, 0.6) is 0 Å². The van der Waals surface area contributed by atoms with Crippen LogP contribution in [0.1, 0.15) is 49.2 Å². The Morgan fingerprint density at radius 3 is 2.70 bits per heavy atom. The topological polar surface area (TPSA) is 86.9 Å². The third-order valence-electron chi connectivity index (χ3n) is 6.24. The maximum atomic E-state index is 13.4. The molecule has 0 aliphatic carbocycles. The number of imidazole rings is 1. The Balaban J connectivity index is 1.61. The lowest BCUT2D eigenvalue weighted by atomic mass is 9.84. The summed E-state index contributed by atoms with van der Waals surface area (Å²) in [5.74, 6) is -0.600. The van der Waals surface area contributed by atoms with E-state index in [-0.39, 0.29) is 17.9 Å². The Bertz CT molecular complexity index is 1170. The first kappa shape index (κ1) is 23.3. The van der Waals surface area contributed by atoms with Crippen molar-refractivity contribution in [3.05, 3.63) is 71.3 Å². The molecule has 1 saturated heterocycles. The smallest absolute Gasteiger partial charge is 0.270 e. The summed E-state index contributed by atoms with van der Waals surface area (Å²) in [6.07, 6.45) is 2.82. The standard InChI is InChI=1S/C25H29ClN4O3/c1-25(2,3)22(31)23(32)28-20-14-29(11-10-19(20)16-6-4-7-17(26)12-16)24(33)21-9-5-8-18-13-27-15-30(18)21/h4-9,12-13,15,19-20,22,31H,10-11,14H2,1-3H3,(H,28,32)/t19-,20+,22?/m0/s1. The van der Waals surface area contributed by atoms with Crippen molar-refractivity contribution in [2.24, 2.45) is 5.41 Å². The van der Waals surface area contributed by atoms with E-state index in [0.29, 0.717) is 30.2 Å². The molecular weight excluding hydrogens is 440 g/mol. The molecule has 2 aromatic heterocycles. The molecule has 3 aromatic rings. The molecule has 3 heterocycles. The Morgan fingerprint density at radius 2 is 1.97 bits per heavy atom. The number of fused-ring (bicyclic) bond motifs is 1. The van der Waals surface area contributed by atoms with E-state index in [1.165, 1.54) is 0 Å². The van der Waals surface area contributed by atoms with Crippen LogP contribution in [-0.2, 0) is 4.79 Å². The van der Waals surface area contributed by atoms with E-state index in [1.54, 1.807) is 27.9 Å². The number of hydrogen-bond donors (Lipinski definition) is 2. The average Bonchev–Trinajstić information content (AvgIpc) is 3.26. The van der Waals surface area contributed by atoms with Gasteiger partial charge in [-0.3, -0.25) is 14.0 Å². The summed E-state index contributed by atoms with van der Waals surface area (Å²) in [5.41, 5.74) is 1.76. The second-order valence-electron chi connectivity index (χ2n) is 9.68. The number of carbonyl (C=O) groups is 2. The van der Waals surface area contributed by atoms with Gasteiger partial charge in [0.15, 0.2) is 0 Å². The van der Waals surface area contributed by atoms with Gasteiger partial charge < -0.3 is 15.3 Å². The van der Waals surface area contributed by atoms with Gasteiger partial charge in [0, 0.05) is 24.0 Å². The number of nitrogens with zero attached hydrogens (tertiary/aromatic N) is 3. The van der Waals surface area contributed by atoms with Crippen molar-refractivity contribution in [2.45, 2.75) is 45.3 Å². The van der Waals surface area contributed by atoms with Crippen molar-refractivity contribution in [1.29, 1.82) is 0 Å². The number of piperidine rings is 1. The molecule has 1 aliphatic rings. The maximum absolute atomic E-state index is 13.4. The lowest BCUT2D eigenvalue weighted by molar-refractivity contribution is -0.135. The predicted octanol–water partition coefficient (Wildman–Crippen LogP) is 3.51. The summed E-state index contributed by atoms with van der Waals surface area (Å²) in [4.78, 5) is 32.2. The number of halogens is 1. The highest BCUT2D eigenvalue weighted by Gasteiger charge is 2.37. The maximum Gasteiger partial charge on any atom is 0.270 e. The van der Waals surface area contributed by atoms with E-state index in [0.717, 1.165) is 11.1 Å². The molecule has 2 N–H and O–H groups in total. The van der Waals surface area contributed by atoms with Crippen molar-refractivity contribution in [3.63, 3.8) is 0 Å². The van der Waals surface area contributed by atoms with E-state index in [1.807, 2.05) is 57.2 Å². The van der Waals surface area contributed by atoms with Gasteiger partial charge in [-0.1, -0.05) is 50.6 Å². The number of aromatic nitrogens is 2. The molecule has 8 heteroatoms. The van der Waals surface area contributed by atoms with Crippen LogP contribution in [0.4, 0.5) is 0 Å². The van der Waals surface area contributed by atoms with Gasteiger partial charge in [-0.2, -0.15) is 0 Å². The number of aliphatic hydroxyl groups is 1. The fraction of sp³-hybridized carbons (Fsp3) is 0.400. The SMILES string of the molecule is CC(C)(C)C(O)C(=O)N[C@@H]1CN(C(=O)c2cccc3cncn23)CC[C@H]1c1cccc(Cl)c1. The van der Waals surface area contributed by atoms with Gasteiger partial charge in [0.2, 0.25) is 5.91 Å². The summed E-state index contributed by atoms with van der Waals surface area (Å²) < 4.78 is 1.77. The summed E-state index contributed by atoms with van der Waals surface area (Å²) in [6, 6.07) is 12.7. The molecule has 0 radical (unpaired) electrons. The number of benzene rings is 1. The summed E-state index contributed by atoms with van der Waals surface area (Å²) in [7, 11) is 0. The molecule has 174 valence electrons. The van der Waals surface area contributed by atoms with Gasteiger partial charge >= 0.3 is 0 Å². The molecule has 4 rings (SSSR count). The Hall–Kier alpha value is -2.90. The molecule has 1 unspecified atom stereocenters. The minimum atomic E-state index is -1.16. The number of rotatable bonds is 4. The highest BCUT2D eigenvalue weighted by Crippen LogP contribution is 2.31. The second-order valence-corrected chi connectivity index (χ2v) is 10.1. The van der Waals surface area contributed by atoms with Gasteiger partial charge in [0.25, 0.3) is 5.91 Å². The number of likely N-dealkylation sites (tertiary alicyclic amines) is 1. The third-order valence-corrected chi connectivity index (χ3v) is 6.48. The van der Waals surface area contributed by atoms with Crippen LogP contribution in [-0.4, -0.2) is 56.4 Å². The number of nitrogens with one attached hydrogen (secondary N) is 1. The summed E-state index contributed by atoms with van der Waals surface area (Å²) >= 11 is 6.23. The van der Waals surface area contributed by atoms with Gasteiger partial charge in [-0.15, -0.1) is 0 Å². The van der Waals surface area contributed by atoms with Crippen LogP contribution in [0.3, 0.4) is 0 Å². The first-order valence-electron chi connectivity index (χ1n) is 11.1.